The van der Waals surface area contributed by atoms with Gasteiger partial charge in [-0.2, -0.15) is 0 Å². The molecule has 5 heteroatoms. The molecule has 2 N–H and O–H groups in total. The molecule has 0 radical (unpaired) electrons. The Morgan fingerprint density at radius 2 is 1.87 bits per heavy atom. The molecule has 84 valence electrons. The molecule has 0 aliphatic carbocycles. The van der Waals surface area contributed by atoms with Gasteiger partial charge < -0.3 is 19.9 Å². The fraction of sp³-hybridized carbons (Fsp3) is 0.400. The van der Waals surface area contributed by atoms with E-state index in [2.05, 4.69) is 0 Å². The summed E-state index contributed by atoms with van der Waals surface area (Å²) in [4.78, 5) is 0. The largest absolute Gasteiger partial charge is 0.493 e. The molecule has 0 fully saturated rings. The summed E-state index contributed by atoms with van der Waals surface area (Å²) in [5.74, 6) is 1.60. The molecule has 0 saturated heterocycles. The highest BCUT2D eigenvalue weighted by Crippen LogP contribution is 2.39. The normalized spacial score (nSPS) is 9.87. The van der Waals surface area contributed by atoms with E-state index in [4.69, 9.17) is 31.5 Å². The van der Waals surface area contributed by atoms with E-state index in [0.29, 0.717) is 35.4 Å². The Kier molecular flexibility index (Phi) is 4.52. The van der Waals surface area contributed by atoms with Gasteiger partial charge in [-0.05, 0) is 0 Å². The summed E-state index contributed by atoms with van der Waals surface area (Å²) in [6.07, 6.45) is 0. The Hall–Kier alpha value is -1.13. The molecule has 0 aromatic heterocycles. The third-order valence-electron chi connectivity index (χ3n) is 1.79. The third-order valence-corrected chi connectivity index (χ3v) is 2.00. The van der Waals surface area contributed by atoms with Crippen LogP contribution in [0.1, 0.15) is 0 Å². The first kappa shape index (κ1) is 11.9. The van der Waals surface area contributed by atoms with Crippen molar-refractivity contribution in [3.05, 3.63) is 17.2 Å². The second kappa shape index (κ2) is 5.68. The SMILES string of the molecule is COc1cc(Cl)cc(OCCN)c1OC. The lowest BCUT2D eigenvalue weighted by Crippen LogP contribution is -2.11. The first-order chi connectivity index (χ1) is 7.22. The minimum absolute atomic E-state index is 0.403. The lowest BCUT2D eigenvalue weighted by atomic mass is 10.3. The van der Waals surface area contributed by atoms with Crippen LogP contribution in [0, 0.1) is 0 Å². The molecule has 0 amide bonds. The molecule has 0 unspecified atom stereocenters. The predicted molar refractivity (Wildman–Crippen MR) is 59.1 cm³/mol. The molecule has 1 aromatic rings. The molecule has 0 bridgehead atoms. The smallest absolute Gasteiger partial charge is 0.203 e. The van der Waals surface area contributed by atoms with Gasteiger partial charge in [0.2, 0.25) is 5.75 Å². The van der Waals surface area contributed by atoms with Gasteiger partial charge >= 0.3 is 0 Å². The van der Waals surface area contributed by atoms with Crippen molar-refractivity contribution in [1.82, 2.24) is 0 Å². The zero-order valence-corrected chi connectivity index (χ0v) is 9.50. The number of hydrogen-bond acceptors (Lipinski definition) is 4. The van der Waals surface area contributed by atoms with Crippen molar-refractivity contribution in [1.29, 1.82) is 0 Å². The van der Waals surface area contributed by atoms with Crippen LogP contribution in [0.3, 0.4) is 0 Å². The van der Waals surface area contributed by atoms with Gasteiger partial charge in [-0.15, -0.1) is 0 Å². The van der Waals surface area contributed by atoms with Gasteiger partial charge in [0.15, 0.2) is 11.5 Å². The van der Waals surface area contributed by atoms with Gasteiger partial charge in [0.25, 0.3) is 0 Å². The number of rotatable bonds is 5. The van der Waals surface area contributed by atoms with Crippen molar-refractivity contribution >= 4 is 11.6 Å². The molecule has 0 spiro atoms. The lowest BCUT2D eigenvalue weighted by Gasteiger charge is -2.13. The molecule has 15 heavy (non-hydrogen) atoms. The number of hydrogen-bond donors (Lipinski definition) is 1. The van der Waals surface area contributed by atoms with E-state index in [0.717, 1.165) is 0 Å². The molecule has 0 atom stereocenters. The van der Waals surface area contributed by atoms with Gasteiger partial charge in [0, 0.05) is 23.7 Å². The van der Waals surface area contributed by atoms with E-state index in [9.17, 15) is 0 Å². The highest BCUT2D eigenvalue weighted by molar-refractivity contribution is 6.31. The zero-order chi connectivity index (χ0) is 11.3. The van der Waals surface area contributed by atoms with Crippen LogP contribution >= 0.6 is 11.6 Å². The van der Waals surface area contributed by atoms with Gasteiger partial charge in [0.05, 0.1) is 14.2 Å². The van der Waals surface area contributed by atoms with E-state index in [-0.39, 0.29) is 0 Å². The molecule has 1 rings (SSSR count). The van der Waals surface area contributed by atoms with Gasteiger partial charge in [0.1, 0.15) is 6.61 Å². The Bertz CT molecular complexity index is 331. The second-order valence-electron chi connectivity index (χ2n) is 2.78. The van der Waals surface area contributed by atoms with Crippen LogP contribution in [0.15, 0.2) is 12.1 Å². The maximum Gasteiger partial charge on any atom is 0.203 e. The van der Waals surface area contributed by atoms with Crippen LogP contribution in [-0.4, -0.2) is 27.4 Å². The maximum absolute atomic E-state index is 5.89. The molecular formula is C10H14ClNO3. The molecule has 0 aliphatic heterocycles. The minimum Gasteiger partial charge on any atom is -0.493 e. The Morgan fingerprint density at radius 1 is 1.20 bits per heavy atom. The summed E-state index contributed by atoms with van der Waals surface area (Å²) in [5, 5.41) is 0.527. The molecular weight excluding hydrogens is 218 g/mol. The van der Waals surface area contributed by atoms with Crippen LogP contribution in [0.25, 0.3) is 0 Å². The van der Waals surface area contributed by atoms with Gasteiger partial charge in [-0.25, -0.2) is 0 Å². The van der Waals surface area contributed by atoms with Crippen LogP contribution in [0.5, 0.6) is 17.2 Å². The van der Waals surface area contributed by atoms with Crippen molar-refractivity contribution < 1.29 is 14.2 Å². The molecule has 0 aliphatic rings. The van der Waals surface area contributed by atoms with Crippen LogP contribution in [-0.2, 0) is 0 Å². The quantitative estimate of drug-likeness (QED) is 0.838. The van der Waals surface area contributed by atoms with Crippen molar-refractivity contribution in [2.75, 3.05) is 27.4 Å². The monoisotopic (exact) mass is 231 g/mol. The summed E-state index contributed by atoms with van der Waals surface area (Å²) >= 11 is 5.89. The Balaban J connectivity index is 3.05. The number of methoxy groups -OCH3 is 2. The molecule has 4 nitrogen and oxygen atoms in total. The highest BCUT2D eigenvalue weighted by Gasteiger charge is 2.12. The van der Waals surface area contributed by atoms with Crippen LogP contribution < -0.4 is 19.9 Å². The Labute approximate surface area is 93.9 Å². The standard InChI is InChI=1S/C10H14ClNO3/c1-13-8-5-7(11)6-9(10(8)14-2)15-4-3-12/h5-6H,3-4,12H2,1-2H3. The average Bonchev–Trinajstić information content (AvgIpc) is 2.25. The first-order valence-corrected chi connectivity index (χ1v) is 4.85. The number of benzene rings is 1. The van der Waals surface area contributed by atoms with Crippen molar-refractivity contribution in [3.8, 4) is 17.2 Å². The van der Waals surface area contributed by atoms with Gasteiger partial charge in [-0.1, -0.05) is 11.6 Å². The average molecular weight is 232 g/mol. The number of ether oxygens (including phenoxy) is 3. The minimum atomic E-state index is 0.403. The van der Waals surface area contributed by atoms with Crippen molar-refractivity contribution in [2.45, 2.75) is 0 Å². The van der Waals surface area contributed by atoms with E-state index in [1.165, 1.54) is 0 Å². The van der Waals surface area contributed by atoms with Crippen molar-refractivity contribution in [3.63, 3.8) is 0 Å². The summed E-state index contributed by atoms with van der Waals surface area (Å²) in [6.45, 7) is 0.831. The number of nitrogens with two attached hydrogens (primary N) is 1. The zero-order valence-electron chi connectivity index (χ0n) is 8.75. The van der Waals surface area contributed by atoms with Crippen LogP contribution in [0.4, 0.5) is 0 Å². The van der Waals surface area contributed by atoms with E-state index < -0.39 is 0 Å². The predicted octanol–water partition coefficient (Wildman–Crippen LogP) is 1.69. The van der Waals surface area contributed by atoms with Crippen molar-refractivity contribution in [2.24, 2.45) is 5.73 Å². The second-order valence-corrected chi connectivity index (χ2v) is 3.21. The topological polar surface area (TPSA) is 53.7 Å². The lowest BCUT2D eigenvalue weighted by molar-refractivity contribution is 0.290. The number of halogens is 1. The Morgan fingerprint density at radius 3 is 2.40 bits per heavy atom. The fourth-order valence-electron chi connectivity index (χ4n) is 1.17. The summed E-state index contributed by atoms with van der Waals surface area (Å²) in [6, 6.07) is 3.33. The van der Waals surface area contributed by atoms with Gasteiger partial charge in [-0.3, -0.25) is 0 Å². The van der Waals surface area contributed by atoms with Crippen LogP contribution in [0.2, 0.25) is 5.02 Å². The third kappa shape index (κ3) is 2.91. The molecule has 0 saturated carbocycles. The first-order valence-electron chi connectivity index (χ1n) is 4.47. The molecule has 0 heterocycles. The summed E-state index contributed by atoms with van der Waals surface area (Å²) in [7, 11) is 3.09. The fourth-order valence-corrected chi connectivity index (χ4v) is 1.37. The molecule has 1 aromatic carbocycles. The van der Waals surface area contributed by atoms with E-state index >= 15 is 0 Å². The highest BCUT2D eigenvalue weighted by atomic mass is 35.5. The summed E-state index contributed by atoms with van der Waals surface area (Å²) < 4.78 is 15.7. The maximum atomic E-state index is 5.89. The van der Waals surface area contributed by atoms with E-state index in [1.54, 1.807) is 26.4 Å². The van der Waals surface area contributed by atoms with E-state index in [1.807, 2.05) is 0 Å². The summed E-state index contributed by atoms with van der Waals surface area (Å²) in [5.41, 5.74) is 5.35.